The third kappa shape index (κ3) is 4.85. The Kier molecular flexibility index (Phi) is 4.95. The van der Waals surface area contributed by atoms with Crippen LogP contribution < -0.4 is 0 Å². The molecule has 0 bridgehead atoms. The third-order valence-electron chi connectivity index (χ3n) is 2.82. The SMILES string of the molecule is CC(CC(=O)O)CC(=O)N(CCC#N)C1CC1. The van der Waals surface area contributed by atoms with E-state index in [9.17, 15) is 9.59 Å². The van der Waals surface area contributed by atoms with Gasteiger partial charge in [-0.2, -0.15) is 5.26 Å². The van der Waals surface area contributed by atoms with E-state index >= 15 is 0 Å². The Hall–Kier alpha value is -1.57. The van der Waals surface area contributed by atoms with Gasteiger partial charge in [0.15, 0.2) is 0 Å². The average Bonchev–Trinajstić information content (AvgIpc) is 3.00. The molecule has 1 aliphatic carbocycles. The molecule has 0 heterocycles. The summed E-state index contributed by atoms with van der Waals surface area (Å²) in [5.74, 6) is -1.04. The Morgan fingerprint density at radius 3 is 2.59 bits per heavy atom. The molecule has 5 nitrogen and oxygen atoms in total. The van der Waals surface area contributed by atoms with Crippen molar-refractivity contribution < 1.29 is 14.7 Å². The lowest BCUT2D eigenvalue weighted by Crippen LogP contribution is -2.35. The second kappa shape index (κ2) is 6.24. The normalized spacial score (nSPS) is 16.0. The van der Waals surface area contributed by atoms with Crippen LogP contribution >= 0.6 is 0 Å². The van der Waals surface area contributed by atoms with Crippen molar-refractivity contribution in [1.82, 2.24) is 4.90 Å². The summed E-state index contributed by atoms with van der Waals surface area (Å²) in [6.07, 6.45) is 2.63. The van der Waals surface area contributed by atoms with Crippen LogP contribution in [0.2, 0.25) is 0 Å². The van der Waals surface area contributed by atoms with Crippen molar-refractivity contribution in [3.8, 4) is 6.07 Å². The Morgan fingerprint density at radius 2 is 2.12 bits per heavy atom. The van der Waals surface area contributed by atoms with Crippen molar-refractivity contribution in [3.63, 3.8) is 0 Å². The van der Waals surface area contributed by atoms with E-state index in [4.69, 9.17) is 10.4 Å². The molecule has 0 aromatic rings. The van der Waals surface area contributed by atoms with Gasteiger partial charge in [0.2, 0.25) is 5.91 Å². The molecule has 0 aromatic carbocycles. The van der Waals surface area contributed by atoms with E-state index in [1.165, 1.54) is 0 Å². The van der Waals surface area contributed by atoms with Gasteiger partial charge >= 0.3 is 5.97 Å². The fourth-order valence-corrected chi connectivity index (χ4v) is 1.85. The highest BCUT2D eigenvalue weighted by molar-refractivity contribution is 5.78. The van der Waals surface area contributed by atoms with Crippen molar-refractivity contribution in [2.24, 2.45) is 5.92 Å². The van der Waals surface area contributed by atoms with Gasteiger partial charge in [-0.25, -0.2) is 0 Å². The van der Waals surface area contributed by atoms with E-state index in [0.717, 1.165) is 12.8 Å². The highest BCUT2D eigenvalue weighted by atomic mass is 16.4. The van der Waals surface area contributed by atoms with Crippen LogP contribution in [-0.4, -0.2) is 34.5 Å². The van der Waals surface area contributed by atoms with Gasteiger partial charge in [0.1, 0.15) is 0 Å². The van der Waals surface area contributed by atoms with Crippen LogP contribution in [0.4, 0.5) is 0 Å². The van der Waals surface area contributed by atoms with Crippen molar-refractivity contribution in [2.75, 3.05) is 6.54 Å². The average molecular weight is 238 g/mol. The first-order chi connectivity index (χ1) is 8.04. The lowest BCUT2D eigenvalue weighted by molar-refractivity contribution is -0.138. The third-order valence-corrected chi connectivity index (χ3v) is 2.82. The van der Waals surface area contributed by atoms with Crippen molar-refractivity contribution in [1.29, 1.82) is 5.26 Å². The smallest absolute Gasteiger partial charge is 0.303 e. The number of carboxylic acid groups (broad SMARTS) is 1. The zero-order chi connectivity index (χ0) is 12.8. The summed E-state index contributed by atoms with van der Waals surface area (Å²) in [7, 11) is 0. The number of aliphatic carboxylic acids is 1. The first kappa shape index (κ1) is 13.5. The van der Waals surface area contributed by atoms with Gasteiger partial charge in [-0.3, -0.25) is 9.59 Å². The summed E-state index contributed by atoms with van der Waals surface area (Å²) in [5, 5.41) is 17.2. The minimum Gasteiger partial charge on any atom is -0.481 e. The molecular formula is C12H18N2O3. The van der Waals surface area contributed by atoms with E-state index in [1.54, 1.807) is 11.8 Å². The molecule has 1 fully saturated rings. The molecule has 17 heavy (non-hydrogen) atoms. The molecule has 1 saturated carbocycles. The number of nitriles is 1. The second-order valence-electron chi connectivity index (χ2n) is 4.63. The van der Waals surface area contributed by atoms with Crippen LogP contribution in [0.15, 0.2) is 0 Å². The van der Waals surface area contributed by atoms with E-state index < -0.39 is 5.97 Å². The summed E-state index contributed by atoms with van der Waals surface area (Å²) in [5.41, 5.74) is 0. The molecule has 0 aliphatic heterocycles. The molecule has 1 aliphatic rings. The number of carboxylic acids is 1. The molecule has 1 unspecified atom stereocenters. The Bertz CT molecular complexity index is 331. The van der Waals surface area contributed by atoms with E-state index in [0.29, 0.717) is 13.0 Å². The standard InChI is InChI=1S/C12H18N2O3/c1-9(8-12(16)17)7-11(15)14(6-2-5-13)10-3-4-10/h9-10H,2-4,6-8H2,1H3,(H,16,17). The molecule has 0 saturated heterocycles. The molecule has 0 aromatic heterocycles. The molecule has 94 valence electrons. The molecular weight excluding hydrogens is 220 g/mol. The van der Waals surface area contributed by atoms with E-state index in [1.807, 2.05) is 6.07 Å². The summed E-state index contributed by atoms with van der Waals surface area (Å²) in [6.45, 7) is 2.24. The lowest BCUT2D eigenvalue weighted by atomic mass is 10.0. The minimum atomic E-state index is -0.875. The molecule has 1 rings (SSSR count). The van der Waals surface area contributed by atoms with Gasteiger partial charge in [0, 0.05) is 25.4 Å². The first-order valence-electron chi connectivity index (χ1n) is 5.92. The molecule has 1 atom stereocenters. The topological polar surface area (TPSA) is 81.4 Å². The number of hydrogen-bond donors (Lipinski definition) is 1. The van der Waals surface area contributed by atoms with Gasteiger partial charge in [-0.05, 0) is 18.8 Å². The quantitative estimate of drug-likeness (QED) is 0.726. The van der Waals surface area contributed by atoms with Crippen LogP contribution in [0.1, 0.15) is 39.0 Å². The van der Waals surface area contributed by atoms with Crippen LogP contribution in [-0.2, 0) is 9.59 Å². The van der Waals surface area contributed by atoms with Crippen LogP contribution in [0.3, 0.4) is 0 Å². The Balaban J connectivity index is 2.42. The van der Waals surface area contributed by atoms with Gasteiger partial charge < -0.3 is 10.0 Å². The molecule has 0 radical (unpaired) electrons. The Morgan fingerprint density at radius 1 is 1.47 bits per heavy atom. The molecule has 1 N–H and O–H groups in total. The number of nitrogens with zero attached hydrogens (tertiary/aromatic N) is 2. The first-order valence-corrected chi connectivity index (χ1v) is 5.92. The number of carbonyl (C=O) groups excluding carboxylic acids is 1. The number of carbonyl (C=O) groups is 2. The highest BCUT2D eigenvalue weighted by Crippen LogP contribution is 2.28. The predicted octanol–water partition coefficient (Wildman–Crippen LogP) is 1.39. The van der Waals surface area contributed by atoms with Gasteiger partial charge in [0.25, 0.3) is 0 Å². The van der Waals surface area contributed by atoms with Crippen molar-refractivity contribution >= 4 is 11.9 Å². The zero-order valence-electron chi connectivity index (χ0n) is 10.1. The van der Waals surface area contributed by atoms with Gasteiger partial charge in [-0.15, -0.1) is 0 Å². The van der Waals surface area contributed by atoms with Gasteiger partial charge in [-0.1, -0.05) is 6.92 Å². The lowest BCUT2D eigenvalue weighted by Gasteiger charge is -2.22. The zero-order valence-corrected chi connectivity index (χ0v) is 10.1. The summed E-state index contributed by atoms with van der Waals surface area (Å²) in [6, 6.07) is 2.32. The van der Waals surface area contributed by atoms with Crippen LogP contribution in [0, 0.1) is 17.2 Å². The van der Waals surface area contributed by atoms with Crippen molar-refractivity contribution in [3.05, 3.63) is 0 Å². The molecule has 5 heteroatoms. The van der Waals surface area contributed by atoms with E-state index in [-0.39, 0.29) is 30.7 Å². The summed E-state index contributed by atoms with van der Waals surface area (Å²) in [4.78, 5) is 24.2. The number of rotatable bonds is 7. The van der Waals surface area contributed by atoms with Crippen LogP contribution in [0.25, 0.3) is 0 Å². The van der Waals surface area contributed by atoms with Crippen molar-refractivity contribution in [2.45, 2.75) is 45.1 Å². The maximum absolute atomic E-state index is 11.9. The molecule has 0 spiro atoms. The fraction of sp³-hybridized carbons (Fsp3) is 0.750. The maximum Gasteiger partial charge on any atom is 0.303 e. The Labute approximate surface area is 101 Å². The number of hydrogen-bond acceptors (Lipinski definition) is 3. The fourth-order valence-electron chi connectivity index (χ4n) is 1.85. The maximum atomic E-state index is 11.9. The summed E-state index contributed by atoms with van der Waals surface area (Å²) >= 11 is 0. The van der Waals surface area contributed by atoms with Gasteiger partial charge in [0.05, 0.1) is 12.5 Å². The van der Waals surface area contributed by atoms with E-state index in [2.05, 4.69) is 0 Å². The minimum absolute atomic E-state index is 0.0164. The van der Waals surface area contributed by atoms with Crippen LogP contribution in [0.5, 0.6) is 0 Å². The largest absolute Gasteiger partial charge is 0.481 e. The molecule has 1 amide bonds. The predicted molar refractivity (Wildman–Crippen MR) is 61.0 cm³/mol. The number of amides is 1. The highest BCUT2D eigenvalue weighted by Gasteiger charge is 2.32. The monoisotopic (exact) mass is 238 g/mol. The second-order valence-corrected chi connectivity index (χ2v) is 4.63. The summed E-state index contributed by atoms with van der Waals surface area (Å²) < 4.78 is 0.